The molecular formula is C102H96F12N16O9. The van der Waals surface area contributed by atoms with Gasteiger partial charge < -0.3 is 54.5 Å². The molecule has 12 heterocycles. The van der Waals surface area contributed by atoms with Crippen LogP contribution in [0.3, 0.4) is 0 Å². The van der Waals surface area contributed by atoms with Crippen molar-refractivity contribution in [1.82, 2.24) is 43.4 Å². The molecule has 3 N–H and O–H groups in total. The summed E-state index contributed by atoms with van der Waals surface area (Å²) in [6, 6.07) is 14.4. The normalized spacial score (nSPS) is 17.7. The zero-order valence-corrected chi connectivity index (χ0v) is 77.6. The molecule has 6 aromatic carbocycles. The standard InChI is InChI=1S/C34H32F5N5O3.C34H33F4N5O3.C34H31F3N6O3/c1-6-24(46)41-14-19-15-43(34(38)39)32-31(42(19)13-18(41)5)20-12-22(36)26(25-21(35)8-7-9-23(25)45)27(37)30(20)44(33(32)47)29-17(4)10-11-40-28(29)16(2)3;1-6-25(45)41-15-20-14-40(16-35)33-32(42(20)13-19(41)5)21-12-23(37)27(26-22(36)8-7-9-24(26)44)28(38)31(21)43(34(33)46)30-18(4)10-11-39-29(30)17(2)3;1-6-25(45)41-15-20-14-40(16-38)33-32(42(20)13-19(41)5)21-12-23(36)27(26-22(35)8-7-9-24(26)44)28(37)31(21)43(34(33)46)30-18(4)10-11-39-29(30)17(2)3/h6-12,16,18-19,34,45H,1,13-15H2,2-5H3;6-12,17,19-20,44H,1,13-16H2,2-5H3;6-12,17,19-20,44H,1,13-15H2,2-5H3. The second-order valence-corrected chi connectivity index (χ2v) is 36.3. The van der Waals surface area contributed by atoms with E-state index in [2.05, 4.69) is 40.9 Å². The fourth-order valence-corrected chi connectivity index (χ4v) is 20.5. The Morgan fingerprint density at radius 3 is 1.02 bits per heavy atom. The zero-order valence-electron chi connectivity index (χ0n) is 77.6. The predicted molar refractivity (Wildman–Crippen MR) is 507 cm³/mol. The minimum absolute atomic E-state index is 0.0209. The monoisotopic (exact) mass is 1920 g/mol. The first-order valence-corrected chi connectivity index (χ1v) is 44.8. The Morgan fingerprint density at radius 1 is 0.417 bits per heavy atom. The van der Waals surface area contributed by atoms with E-state index in [9.17, 15) is 62.5 Å². The van der Waals surface area contributed by atoms with Gasteiger partial charge in [-0.3, -0.25) is 62.3 Å². The maximum absolute atomic E-state index is 17.2. The number of pyridine rings is 6. The van der Waals surface area contributed by atoms with Crippen molar-refractivity contribution in [1.29, 1.82) is 5.26 Å². The smallest absolute Gasteiger partial charge is 0.315 e. The second-order valence-electron chi connectivity index (χ2n) is 36.3. The molecule has 3 amide bonds. The summed E-state index contributed by atoms with van der Waals surface area (Å²) in [5.41, 5.74) is -5.74. The summed E-state index contributed by atoms with van der Waals surface area (Å²) < 4.78 is 193. The summed E-state index contributed by atoms with van der Waals surface area (Å²) in [6.45, 7) is 28.2. The molecule has 6 aliphatic heterocycles. The van der Waals surface area contributed by atoms with Crippen LogP contribution in [0.1, 0.15) is 114 Å². The molecule has 6 unspecified atom stereocenters. The molecule has 25 nitrogen and oxygen atoms in total. The number of anilines is 6. The quantitative estimate of drug-likeness (QED) is 0.0395. The highest BCUT2D eigenvalue weighted by atomic mass is 19.3. The highest BCUT2D eigenvalue weighted by molar-refractivity contribution is 6.07. The van der Waals surface area contributed by atoms with Gasteiger partial charge in [-0.05, 0) is 167 Å². The average Bonchev–Trinajstić information content (AvgIpc) is 0.707. The summed E-state index contributed by atoms with van der Waals surface area (Å²) in [5, 5.41) is 41.6. The van der Waals surface area contributed by atoms with Gasteiger partial charge in [0, 0.05) is 105 Å². The third-order valence-corrected chi connectivity index (χ3v) is 26.8. The van der Waals surface area contributed by atoms with E-state index >= 15 is 39.5 Å². The highest BCUT2D eigenvalue weighted by Gasteiger charge is 2.49. The number of carbonyl (C=O) groups is 3. The van der Waals surface area contributed by atoms with Gasteiger partial charge >= 0.3 is 6.55 Å². The van der Waals surface area contributed by atoms with Gasteiger partial charge in [-0.15, -0.1) is 0 Å². The second kappa shape index (κ2) is 37.4. The van der Waals surface area contributed by atoms with Crippen LogP contribution in [0.5, 0.6) is 17.2 Å². The van der Waals surface area contributed by atoms with Gasteiger partial charge in [0.25, 0.3) is 16.7 Å². The van der Waals surface area contributed by atoms with E-state index in [4.69, 9.17) is 0 Å². The van der Waals surface area contributed by atoms with Crippen LogP contribution in [0.25, 0.3) is 83.2 Å². The Kier molecular flexibility index (Phi) is 26.1. The van der Waals surface area contributed by atoms with Crippen molar-refractivity contribution >= 4 is 84.6 Å². The number of rotatable bonds is 14. The van der Waals surface area contributed by atoms with Crippen LogP contribution in [-0.4, -0.2) is 185 Å². The number of amides is 3. The molecule has 0 saturated carbocycles. The minimum atomic E-state index is -3.19. The lowest BCUT2D eigenvalue weighted by Gasteiger charge is -2.51. The van der Waals surface area contributed by atoms with E-state index < -0.39 is 174 Å². The van der Waals surface area contributed by atoms with Crippen LogP contribution in [0.15, 0.2) is 162 Å². The molecule has 6 aromatic heterocycles. The highest BCUT2D eigenvalue weighted by Crippen LogP contribution is 2.53. The third kappa shape index (κ3) is 16.0. The summed E-state index contributed by atoms with van der Waals surface area (Å²) >= 11 is 0. The maximum Gasteiger partial charge on any atom is 0.315 e. The number of benzene rings is 6. The molecule has 0 aliphatic carbocycles. The summed E-state index contributed by atoms with van der Waals surface area (Å²) in [4.78, 5) is 108. The minimum Gasteiger partial charge on any atom is -0.507 e. The van der Waals surface area contributed by atoms with Gasteiger partial charge in [-0.1, -0.05) is 79.5 Å². The van der Waals surface area contributed by atoms with Crippen LogP contribution >= 0.6 is 0 Å². The van der Waals surface area contributed by atoms with E-state index in [-0.39, 0.29) is 173 Å². The van der Waals surface area contributed by atoms with Gasteiger partial charge in [0.2, 0.25) is 17.7 Å². The number of aryl methyl sites for hydroxylation is 3. The number of hydrogen-bond donors (Lipinski definition) is 3. The van der Waals surface area contributed by atoms with Crippen LogP contribution in [0.2, 0.25) is 0 Å². The summed E-state index contributed by atoms with van der Waals surface area (Å²) in [6.07, 6.45) is 10.2. The Morgan fingerprint density at radius 2 is 0.719 bits per heavy atom. The van der Waals surface area contributed by atoms with Crippen molar-refractivity contribution in [3.05, 3.63) is 265 Å². The van der Waals surface area contributed by atoms with Crippen molar-refractivity contribution in [3.8, 4) is 73.9 Å². The molecule has 3 saturated heterocycles. The first-order chi connectivity index (χ1) is 66.1. The van der Waals surface area contributed by atoms with Gasteiger partial charge in [-0.2, -0.15) is 14.0 Å². The number of halogens is 12. The first kappa shape index (κ1) is 97.0. The number of aromatic hydroxyl groups is 3. The number of aromatic nitrogens is 6. The predicted octanol–water partition coefficient (Wildman–Crippen LogP) is 17.7. The van der Waals surface area contributed by atoms with Crippen LogP contribution in [0.4, 0.5) is 86.8 Å². The fraction of sp³-hybridized carbons (Fsp3) is 0.314. The first-order valence-electron chi connectivity index (χ1n) is 44.8. The van der Waals surface area contributed by atoms with Crippen molar-refractivity contribution in [3.63, 3.8) is 0 Å². The number of fused-ring (bicyclic) bond motifs is 15. The van der Waals surface area contributed by atoms with E-state index in [1.807, 2.05) is 39.5 Å². The van der Waals surface area contributed by atoms with Crippen LogP contribution in [0, 0.1) is 84.6 Å². The summed E-state index contributed by atoms with van der Waals surface area (Å²) in [7, 11) is 0. The number of piperazine rings is 3. The molecule has 6 atom stereocenters. The van der Waals surface area contributed by atoms with Gasteiger partial charge in [0.05, 0.1) is 126 Å². The molecule has 139 heavy (non-hydrogen) atoms. The van der Waals surface area contributed by atoms with E-state index in [0.717, 1.165) is 74.4 Å². The lowest BCUT2D eigenvalue weighted by atomic mass is 9.95. The molecule has 37 heteroatoms. The molecule has 18 rings (SSSR count). The molecule has 0 bridgehead atoms. The lowest BCUT2D eigenvalue weighted by molar-refractivity contribution is -0.129. The molecular weight excluding hydrogens is 1820 g/mol. The molecule has 12 aromatic rings. The van der Waals surface area contributed by atoms with Gasteiger partial charge in [-0.25, -0.2) is 43.9 Å². The zero-order chi connectivity index (χ0) is 100. The van der Waals surface area contributed by atoms with Crippen LogP contribution < -0.4 is 46.1 Å². The van der Waals surface area contributed by atoms with E-state index in [1.165, 1.54) is 51.2 Å². The Hall–Kier alpha value is -15.1. The number of phenolic OH excluding ortho intramolecular Hbond substituents is 3. The largest absolute Gasteiger partial charge is 0.507 e. The number of phenols is 3. The topological polar surface area (TPSA) is 270 Å². The Labute approximate surface area is 789 Å². The van der Waals surface area contributed by atoms with Gasteiger partial charge in [0.1, 0.15) is 69.2 Å². The number of hydrogen-bond acceptors (Lipinski definition) is 19. The average molecular weight is 1920 g/mol. The van der Waals surface area contributed by atoms with Gasteiger partial charge in [0.15, 0.2) is 30.4 Å². The molecule has 722 valence electrons. The Bertz CT molecular complexity index is 7350. The lowest BCUT2D eigenvalue weighted by Crippen LogP contribution is -2.65. The number of alkyl halides is 3. The number of nitrogens with zero attached hydrogens (tertiary/aromatic N) is 16. The SMILES string of the molecule is C=CC(=O)N1CC2CN(C#N)c3c(c4cc(F)c(-c5c(O)cccc5F)c(F)c4n(-c4c(C)ccnc4C(C)C)c3=O)N2CC1C.C=CC(=O)N1CC2CN(C(F)F)c3c(c4cc(F)c(-c5c(O)cccc5F)c(F)c4n(-c4c(C)ccnc4C(C)C)c3=O)N2CC1C.C=CC(=O)N1CC2CN(CF)c3c(c4cc(F)c(-c5c(O)cccc5F)c(F)c4n(-c4c(C)ccnc4C(C)C)c3=O)N2CC1C. The molecule has 0 radical (unpaired) electrons. The van der Waals surface area contributed by atoms with Crippen molar-refractivity contribution < 1.29 is 82.4 Å². The van der Waals surface area contributed by atoms with E-state index in [0.29, 0.717) is 38.7 Å². The van der Waals surface area contributed by atoms with E-state index in [1.54, 1.807) is 98.7 Å². The number of carbonyl (C=O) groups excluding carboxylic acids is 3. The van der Waals surface area contributed by atoms with Crippen molar-refractivity contribution in [2.24, 2.45) is 0 Å². The molecule has 0 spiro atoms. The fourth-order valence-electron chi connectivity index (χ4n) is 20.5. The third-order valence-electron chi connectivity index (χ3n) is 26.8. The molecule has 3 fully saturated rings. The molecule has 6 aliphatic rings. The summed E-state index contributed by atoms with van der Waals surface area (Å²) in [5.74, 6) is -14.8. The van der Waals surface area contributed by atoms with Crippen LogP contribution in [-0.2, 0) is 14.4 Å². The Balaban J connectivity index is 0.000000151. The van der Waals surface area contributed by atoms with Crippen molar-refractivity contribution in [2.45, 2.75) is 144 Å². The maximum atomic E-state index is 17.2. The number of nitriles is 1. The van der Waals surface area contributed by atoms with Crippen molar-refractivity contribution in [2.75, 3.05) is 95.1 Å².